The summed E-state index contributed by atoms with van der Waals surface area (Å²) in [6.07, 6.45) is 0.838. The molecule has 19 heavy (non-hydrogen) atoms. The molecule has 4 nitrogen and oxygen atoms in total. The topological polar surface area (TPSA) is 61.4 Å². The van der Waals surface area contributed by atoms with Crippen molar-refractivity contribution in [3.8, 4) is 0 Å². The van der Waals surface area contributed by atoms with Crippen molar-refractivity contribution in [2.24, 2.45) is 5.92 Å². The van der Waals surface area contributed by atoms with Crippen LogP contribution in [0.25, 0.3) is 0 Å². The molecule has 2 unspecified atom stereocenters. The molecule has 0 radical (unpaired) electrons. The number of urea groups is 1. The smallest absolute Gasteiger partial charge is 0.319 e. The van der Waals surface area contributed by atoms with Crippen LogP contribution >= 0.6 is 0 Å². The molecular weight excluding hydrogens is 247 g/mol. The number of halogens is 1. The Morgan fingerprint density at radius 2 is 2.16 bits per heavy atom. The molecule has 0 aromatic heterocycles. The van der Waals surface area contributed by atoms with Gasteiger partial charge in [0.15, 0.2) is 0 Å². The van der Waals surface area contributed by atoms with Crippen LogP contribution in [0, 0.1) is 18.7 Å². The standard InChI is InChI=1S/C14H21FN2O2/c1-4-10(3)13(8-18)17-14(19)16-12-7-9(2)5-6-11(12)15/h5-7,10,13,18H,4,8H2,1-3H3,(H2,16,17,19). The summed E-state index contributed by atoms with van der Waals surface area (Å²) in [6, 6.07) is 3.66. The van der Waals surface area contributed by atoms with Gasteiger partial charge in [-0.2, -0.15) is 0 Å². The number of nitrogens with one attached hydrogen (secondary N) is 2. The summed E-state index contributed by atoms with van der Waals surface area (Å²) >= 11 is 0. The van der Waals surface area contributed by atoms with Crippen LogP contribution in [0.1, 0.15) is 25.8 Å². The van der Waals surface area contributed by atoms with E-state index in [1.54, 1.807) is 12.1 Å². The lowest BCUT2D eigenvalue weighted by molar-refractivity contribution is 0.198. The van der Waals surface area contributed by atoms with Crippen LogP contribution in [0.15, 0.2) is 18.2 Å². The molecule has 1 aromatic rings. The lowest BCUT2D eigenvalue weighted by atomic mass is 10.0. The van der Waals surface area contributed by atoms with E-state index in [9.17, 15) is 14.3 Å². The molecule has 0 aliphatic rings. The summed E-state index contributed by atoms with van der Waals surface area (Å²) in [5, 5.41) is 14.3. The van der Waals surface area contributed by atoms with Gasteiger partial charge in [-0.25, -0.2) is 9.18 Å². The quantitative estimate of drug-likeness (QED) is 0.769. The summed E-state index contributed by atoms with van der Waals surface area (Å²) in [5.74, 6) is -0.331. The molecule has 2 amide bonds. The van der Waals surface area contributed by atoms with Gasteiger partial charge in [0.1, 0.15) is 5.82 Å². The van der Waals surface area contributed by atoms with Crippen LogP contribution in [-0.4, -0.2) is 23.8 Å². The van der Waals surface area contributed by atoms with Gasteiger partial charge in [0.2, 0.25) is 0 Å². The minimum Gasteiger partial charge on any atom is -0.394 e. The van der Waals surface area contributed by atoms with E-state index in [2.05, 4.69) is 10.6 Å². The number of aliphatic hydroxyl groups excluding tert-OH is 1. The Bertz CT molecular complexity index is 437. The molecule has 106 valence electrons. The fourth-order valence-corrected chi connectivity index (χ4v) is 1.71. The van der Waals surface area contributed by atoms with Gasteiger partial charge in [0.25, 0.3) is 0 Å². The maximum atomic E-state index is 13.5. The molecule has 1 aromatic carbocycles. The summed E-state index contributed by atoms with van der Waals surface area (Å²) < 4.78 is 13.5. The minimum absolute atomic E-state index is 0.137. The first kappa shape index (κ1) is 15.4. The van der Waals surface area contributed by atoms with E-state index in [1.165, 1.54) is 6.07 Å². The van der Waals surface area contributed by atoms with E-state index < -0.39 is 11.8 Å². The number of rotatable bonds is 5. The van der Waals surface area contributed by atoms with Crippen molar-refractivity contribution in [2.45, 2.75) is 33.2 Å². The van der Waals surface area contributed by atoms with Crippen LogP contribution < -0.4 is 10.6 Å². The molecular formula is C14H21FN2O2. The molecule has 0 saturated carbocycles. The molecule has 2 atom stereocenters. The van der Waals surface area contributed by atoms with Crippen LogP contribution in [0.5, 0.6) is 0 Å². The lowest BCUT2D eigenvalue weighted by Crippen LogP contribution is -2.44. The van der Waals surface area contributed by atoms with Gasteiger partial charge in [-0.05, 0) is 30.5 Å². The number of benzene rings is 1. The van der Waals surface area contributed by atoms with Gasteiger partial charge < -0.3 is 15.7 Å². The zero-order chi connectivity index (χ0) is 14.4. The van der Waals surface area contributed by atoms with E-state index in [-0.39, 0.29) is 24.3 Å². The van der Waals surface area contributed by atoms with E-state index in [0.717, 1.165) is 12.0 Å². The summed E-state index contributed by atoms with van der Waals surface area (Å²) in [6.45, 7) is 5.60. The maximum Gasteiger partial charge on any atom is 0.319 e. The number of aryl methyl sites for hydroxylation is 1. The summed E-state index contributed by atoms with van der Waals surface area (Å²) in [4.78, 5) is 11.8. The predicted molar refractivity (Wildman–Crippen MR) is 73.6 cm³/mol. The van der Waals surface area contributed by atoms with Crippen molar-refractivity contribution < 1.29 is 14.3 Å². The molecule has 0 fully saturated rings. The molecule has 0 bridgehead atoms. The number of aliphatic hydroxyl groups is 1. The normalized spacial score (nSPS) is 13.7. The first-order valence-electron chi connectivity index (χ1n) is 6.42. The highest BCUT2D eigenvalue weighted by molar-refractivity contribution is 5.89. The molecule has 0 aliphatic carbocycles. The third kappa shape index (κ3) is 4.52. The number of hydrogen-bond donors (Lipinski definition) is 3. The first-order chi connectivity index (χ1) is 8.97. The number of carbonyl (C=O) groups is 1. The third-order valence-electron chi connectivity index (χ3n) is 3.21. The second kappa shape index (κ2) is 7.09. The zero-order valence-corrected chi connectivity index (χ0v) is 11.5. The molecule has 0 aliphatic heterocycles. The second-order valence-corrected chi connectivity index (χ2v) is 4.76. The monoisotopic (exact) mass is 268 g/mol. The van der Waals surface area contributed by atoms with Crippen LogP contribution in [0.4, 0.5) is 14.9 Å². The Hall–Kier alpha value is -1.62. The largest absolute Gasteiger partial charge is 0.394 e. The van der Waals surface area contributed by atoms with Crippen molar-refractivity contribution in [3.05, 3.63) is 29.6 Å². The van der Waals surface area contributed by atoms with Gasteiger partial charge in [-0.15, -0.1) is 0 Å². The highest BCUT2D eigenvalue weighted by Gasteiger charge is 2.17. The minimum atomic E-state index is -0.510. The average Bonchev–Trinajstić information content (AvgIpc) is 2.39. The Morgan fingerprint density at radius 1 is 1.47 bits per heavy atom. The van der Waals surface area contributed by atoms with E-state index >= 15 is 0 Å². The van der Waals surface area contributed by atoms with E-state index in [4.69, 9.17) is 0 Å². The lowest BCUT2D eigenvalue weighted by Gasteiger charge is -2.22. The molecule has 5 heteroatoms. The summed E-state index contributed by atoms with van der Waals surface area (Å²) in [7, 11) is 0. The van der Waals surface area contributed by atoms with Gasteiger partial charge in [-0.3, -0.25) is 0 Å². The Balaban J connectivity index is 2.66. The Labute approximate surface area is 113 Å². The first-order valence-corrected chi connectivity index (χ1v) is 6.42. The predicted octanol–water partition coefficient (Wildman–Crippen LogP) is 2.66. The molecule has 3 N–H and O–H groups in total. The van der Waals surface area contributed by atoms with E-state index in [1.807, 2.05) is 20.8 Å². The fraction of sp³-hybridized carbons (Fsp3) is 0.500. The highest BCUT2D eigenvalue weighted by Crippen LogP contribution is 2.15. The van der Waals surface area contributed by atoms with Crippen molar-refractivity contribution in [1.29, 1.82) is 0 Å². The van der Waals surface area contributed by atoms with Crippen LogP contribution in [-0.2, 0) is 0 Å². The SMILES string of the molecule is CCC(C)C(CO)NC(=O)Nc1cc(C)ccc1F. The molecule has 1 rings (SSSR count). The number of anilines is 1. The van der Waals surface area contributed by atoms with Crippen molar-refractivity contribution in [1.82, 2.24) is 5.32 Å². The highest BCUT2D eigenvalue weighted by atomic mass is 19.1. The number of amides is 2. The Morgan fingerprint density at radius 3 is 2.74 bits per heavy atom. The average molecular weight is 268 g/mol. The van der Waals surface area contributed by atoms with Gasteiger partial charge >= 0.3 is 6.03 Å². The molecule has 0 saturated heterocycles. The summed E-state index contributed by atoms with van der Waals surface area (Å²) in [5.41, 5.74) is 0.996. The number of carbonyl (C=O) groups excluding carboxylic acids is 1. The molecule has 0 spiro atoms. The van der Waals surface area contributed by atoms with Crippen LogP contribution in [0.2, 0.25) is 0 Å². The fourth-order valence-electron chi connectivity index (χ4n) is 1.71. The second-order valence-electron chi connectivity index (χ2n) is 4.76. The van der Waals surface area contributed by atoms with Crippen molar-refractivity contribution in [3.63, 3.8) is 0 Å². The van der Waals surface area contributed by atoms with E-state index in [0.29, 0.717) is 0 Å². The van der Waals surface area contributed by atoms with Gasteiger partial charge in [-0.1, -0.05) is 26.3 Å². The van der Waals surface area contributed by atoms with Crippen LogP contribution in [0.3, 0.4) is 0 Å². The maximum absolute atomic E-state index is 13.5. The van der Waals surface area contributed by atoms with Gasteiger partial charge in [0, 0.05) is 0 Å². The van der Waals surface area contributed by atoms with Crippen molar-refractivity contribution >= 4 is 11.7 Å². The Kier molecular flexibility index (Phi) is 5.76. The van der Waals surface area contributed by atoms with Crippen molar-refractivity contribution in [2.75, 3.05) is 11.9 Å². The zero-order valence-electron chi connectivity index (χ0n) is 11.5. The third-order valence-corrected chi connectivity index (χ3v) is 3.21. The van der Waals surface area contributed by atoms with Gasteiger partial charge in [0.05, 0.1) is 18.3 Å². The number of hydrogen-bond acceptors (Lipinski definition) is 2. The molecule has 0 heterocycles.